The van der Waals surface area contributed by atoms with E-state index >= 15 is 0 Å². The molecule has 3 saturated heterocycles. The van der Waals surface area contributed by atoms with Crippen LogP contribution in [0.2, 0.25) is 0 Å². The molecule has 206 valence electrons. The van der Waals surface area contributed by atoms with Crippen LogP contribution in [-0.4, -0.2) is 80.7 Å². The zero-order valence-electron chi connectivity index (χ0n) is 21.5. The van der Waals surface area contributed by atoms with E-state index in [1.807, 2.05) is 31.2 Å². The lowest BCUT2D eigenvalue weighted by Gasteiger charge is -2.29. The summed E-state index contributed by atoms with van der Waals surface area (Å²) >= 11 is 0. The summed E-state index contributed by atoms with van der Waals surface area (Å²) in [5, 5.41) is 6.39. The van der Waals surface area contributed by atoms with Crippen molar-refractivity contribution in [2.24, 2.45) is 5.92 Å². The Morgan fingerprint density at radius 3 is 2.63 bits per heavy atom. The Bertz CT molecular complexity index is 1130. The van der Waals surface area contributed by atoms with Gasteiger partial charge in [-0.15, -0.1) is 0 Å². The van der Waals surface area contributed by atoms with Gasteiger partial charge >= 0.3 is 12.2 Å². The third-order valence-corrected chi connectivity index (χ3v) is 7.32. The molecule has 3 aliphatic heterocycles. The fourth-order valence-electron chi connectivity index (χ4n) is 5.28. The number of amides is 2. The number of nitrogens with zero attached hydrogens (tertiary/aromatic N) is 3. The second-order valence-corrected chi connectivity index (χ2v) is 10.3. The molecule has 0 aliphatic carbocycles. The van der Waals surface area contributed by atoms with Crippen LogP contribution in [0.4, 0.5) is 35.3 Å². The lowest BCUT2D eigenvalue weighted by molar-refractivity contribution is -0.143. The Morgan fingerprint density at radius 2 is 1.89 bits per heavy atom. The number of alkyl halides is 3. The highest BCUT2D eigenvalue weighted by atomic mass is 19.4. The van der Waals surface area contributed by atoms with Crippen LogP contribution in [0.25, 0.3) is 11.1 Å². The van der Waals surface area contributed by atoms with E-state index < -0.39 is 18.5 Å². The van der Waals surface area contributed by atoms with Crippen molar-refractivity contribution < 1.29 is 27.4 Å². The van der Waals surface area contributed by atoms with Gasteiger partial charge < -0.3 is 29.9 Å². The maximum atomic E-state index is 12.8. The van der Waals surface area contributed by atoms with Crippen molar-refractivity contribution in [3.63, 3.8) is 0 Å². The van der Waals surface area contributed by atoms with Gasteiger partial charge in [0.15, 0.2) is 0 Å². The maximum absolute atomic E-state index is 12.8. The highest BCUT2D eigenvalue weighted by Gasteiger charge is 2.36. The second-order valence-electron chi connectivity index (χ2n) is 10.3. The predicted octanol–water partition coefficient (Wildman–Crippen LogP) is 4.90. The molecule has 1 unspecified atom stereocenters. The molecule has 3 fully saturated rings. The molecular weight excluding hydrogens is 499 g/mol. The molecule has 3 aliphatic rings. The number of urea groups is 1. The van der Waals surface area contributed by atoms with Crippen LogP contribution in [-0.2, 0) is 9.47 Å². The molecular formula is C27H34F3N5O3. The molecule has 2 aromatic rings. The predicted molar refractivity (Wildman–Crippen MR) is 140 cm³/mol. The summed E-state index contributed by atoms with van der Waals surface area (Å²) < 4.78 is 49.3. The Balaban J connectivity index is 1.36. The zero-order chi connectivity index (χ0) is 26.7. The molecule has 0 bridgehead atoms. The van der Waals surface area contributed by atoms with Crippen molar-refractivity contribution in [3.8, 4) is 11.1 Å². The number of hydrogen-bond donors (Lipinski definition) is 2. The molecule has 0 spiro atoms. The number of hydrogen-bond acceptors (Lipinski definition) is 6. The van der Waals surface area contributed by atoms with Crippen molar-refractivity contribution in [1.29, 1.82) is 0 Å². The highest BCUT2D eigenvalue weighted by molar-refractivity contribution is 5.91. The second kappa shape index (κ2) is 11.4. The summed E-state index contributed by atoms with van der Waals surface area (Å²) in [5.41, 5.74) is 3.53. The molecule has 2 N–H and O–H groups in total. The summed E-state index contributed by atoms with van der Waals surface area (Å²) in [7, 11) is 0. The van der Waals surface area contributed by atoms with Crippen molar-refractivity contribution in [2.75, 3.05) is 68.1 Å². The van der Waals surface area contributed by atoms with E-state index in [0.29, 0.717) is 38.5 Å². The molecule has 11 heteroatoms. The standard InChI is InChI=1S/C27H34F3N5O3/c1-18-2-3-21(32-26(36)35-6-4-19(16-35)15-27(28,29)30)14-23(18)20-12-24(31-22-5-9-38-17-22)33-25(13-20)34-7-10-37-11-8-34/h2-3,12-14,19,22H,4-11,15-17H2,1H3,(H,31,33)(H,32,36)/t19?,22-/m1/s1. The summed E-state index contributed by atoms with van der Waals surface area (Å²) in [6, 6.07) is 9.56. The van der Waals surface area contributed by atoms with Crippen LogP contribution in [0.5, 0.6) is 0 Å². The lowest BCUT2D eigenvalue weighted by atomic mass is 10.00. The first kappa shape index (κ1) is 26.6. The first-order valence-corrected chi connectivity index (χ1v) is 13.2. The normalized spacial score (nSPS) is 22.1. The van der Waals surface area contributed by atoms with E-state index in [1.165, 1.54) is 4.90 Å². The van der Waals surface area contributed by atoms with Gasteiger partial charge in [-0.2, -0.15) is 13.2 Å². The monoisotopic (exact) mass is 533 g/mol. The number of aryl methyl sites for hydroxylation is 1. The number of halogens is 3. The van der Waals surface area contributed by atoms with Gasteiger partial charge in [-0.3, -0.25) is 0 Å². The number of ether oxygens (including phenoxy) is 2. The quantitative estimate of drug-likeness (QED) is 0.550. The Hall–Kier alpha value is -3.05. The molecule has 5 rings (SSSR count). The topological polar surface area (TPSA) is 79.0 Å². The molecule has 0 saturated carbocycles. The first-order valence-electron chi connectivity index (χ1n) is 13.2. The van der Waals surface area contributed by atoms with E-state index in [1.54, 1.807) is 0 Å². The molecule has 1 aromatic heterocycles. The molecule has 1 aromatic carbocycles. The van der Waals surface area contributed by atoms with Gasteiger partial charge in [0.25, 0.3) is 0 Å². The van der Waals surface area contributed by atoms with Crippen LogP contribution in [0.3, 0.4) is 0 Å². The van der Waals surface area contributed by atoms with Gasteiger partial charge in [-0.25, -0.2) is 9.78 Å². The van der Waals surface area contributed by atoms with Crippen LogP contribution in [0.1, 0.15) is 24.8 Å². The van der Waals surface area contributed by atoms with Crippen molar-refractivity contribution in [2.45, 2.75) is 38.4 Å². The number of rotatable bonds is 6. The molecule has 4 heterocycles. The number of benzene rings is 1. The highest BCUT2D eigenvalue weighted by Crippen LogP contribution is 2.33. The SMILES string of the molecule is Cc1ccc(NC(=O)N2CCC(CC(F)(F)F)C2)cc1-c1cc(N[C@@H]2CCOC2)nc(N2CCOCC2)c1. The first-order chi connectivity index (χ1) is 18.2. The molecule has 2 amide bonds. The minimum absolute atomic E-state index is 0.108. The van der Waals surface area contributed by atoms with E-state index in [9.17, 15) is 18.0 Å². The van der Waals surface area contributed by atoms with Gasteiger partial charge in [-0.1, -0.05) is 6.07 Å². The minimum Gasteiger partial charge on any atom is -0.379 e. The molecule has 0 radical (unpaired) electrons. The third-order valence-electron chi connectivity index (χ3n) is 7.32. The fraction of sp³-hybridized carbons (Fsp3) is 0.556. The van der Waals surface area contributed by atoms with Crippen LogP contribution in [0, 0.1) is 12.8 Å². The average Bonchev–Trinajstić information content (AvgIpc) is 3.57. The number of nitrogens with one attached hydrogen (secondary N) is 2. The van der Waals surface area contributed by atoms with E-state index in [2.05, 4.69) is 21.6 Å². The Morgan fingerprint density at radius 1 is 1.08 bits per heavy atom. The summed E-state index contributed by atoms with van der Waals surface area (Å²) in [4.78, 5) is 21.4. The minimum atomic E-state index is -4.22. The van der Waals surface area contributed by atoms with E-state index in [-0.39, 0.29) is 18.6 Å². The summed E-state index contributed by atoms with van der Waals surface area (Å²) in [6.45, 7) is 6.59. The van der Waals surface area contributed by atoms with Crippen LogP contribution < -0.4 is 15.5 Å². The number of aromatic nitrogens is 1. The van der Waals surface area contributed by atoms with Crippen molar-refractivity contribution in [1.82, 2.24) is 9.88 Å². The smallest absolute Gasteiger partial charge is 0.379 e. The van der Waals surface area contributed by atoms with Crippen LogP contribution >= 0.6 is 0 Å². The maximum Gasteiger partial charge on any atom is 0.389 e. The van der Waals surface area contributed by atoms with Gasteiger partial charge in [0.2, 0.25) is 0 Å². The average molecular weight is 534 g/mol. The number of carbonyl (C=O) groups is 1. The molecule has 2 atom stereocenters. The number of anilines is 3. The van der Waals surface area contributed by atoms with Crippen molar-refractivity contribution >= 4 is 23.4 Å². The third kappa shape index (κ3) is 6.68. The number of likely N-dealkylation sites (tertiary alicyclic amines) is 1. The van der Waals surface area contributed by atoms with Crippen LogP contribution in [0.15, 0.2) is 30.3 Å². The Labute approximate surface area is 220 Å². The summed E-state index contributed by atoms with van der Waals surface area (Å²) in [6.07, 6.45) is -3.80. The van der Waals surface area contributed by atoms with Gasteiger partial charge in [0.05, 0.1) is 25.9 Å². The molecule has 8 nitrogen and oxygen atoms in total. The largest absolute Gasteiger partial charge is 0.389 e. The van der Waals surface area contributed by atoms with Gasteiger partial charge in [0.1, 0.15) is 11.6 Å². The van der Waals surface area contributed by atoms with Gasteiger partial charge in [0, 0.05) is 44.9 Å². The number of pyridine rings is 1. The lowest BCUT2D eigenvalue weighted by Crippen LogP contribution is -2.37. The fourth-order valence-corrected chi connectivity index (χ4v) is 5.28. The Kier molecular flexibility index (Phi) is 7.94. The van der Waals surface area contributed by atoms with E-state index in [4.69, 9.17) is 14.5 Å². The molecule has 38 heavy (non-hydrogen) atoms. The van der Waals surface area contributed by atoms with Gasteiger partial charge in [-0.05, 0) is 66.6 Å². The zero-order valence-corrected chi connectivity index (χ0v) is 21.5. The number of morpholine rings is 1. The van der Waals surface area contributed by atoms with E-state index in [0.717, 1.165) is 54.4 Å². The van der Waals surface area contributed by atoms with Crippen molar-refractivity contribution in [3.05, 3.63) is 35.9 Å². The summed E-state index contributed by atoms with van der Waals surface area (Å²) in [5.74, 6) is 1.07. The number of carbonyl (C=O) groups excluding carboxylic acids is 1.